The zero-order valence-electron chi connectivity index (χ0n) is 13.8. The molecule has 0 saturated carbocycles. The minimum atomic E-state index is -0.777. The summed E-state index contributed by atoms with van der Waals surface area (Å²) in [5, 5.41) is 10.7. The first-order chi connectivity index (χ1) is 12.2. The molecule has 0 aliphatic carbocycles. The number of carbonyl (C=O) groups is 1. The second-order valence-corrected chi connectivity index (χ2v) is 6.90. The molecule has 2 aromatic rings. The summed E-state index contributed by atoms with van der Waals surface area (Å²) in [6.07, 6.45) is 8.55. The van der Waals surface area contributed by atoms with Crippen molar-refractivity contribution in [1.29, 1.82) is 0 Å². The molecule has 5 nitrogen and oxygen atoms in total. The number of ether oxygens (including phenoxy) is 2. The van der Waals surface area contributed by atoms with E-state index in [1.165, 1.54) is 0 Å². The van der Waals surface area contributed by atoms with Gasteiger partial charge in [-0.05, 0) is 35.9 Å². The van der Waals surface area contributed by atoms with Gasteiger partial charge in [0.1, 0.15) is 0 Å². The molecule has 132 valence electrons. The van der Waals surface area contributed by atoms with Gasteiger partial charge in [0.2, 0.25) is 0 Å². The van der Waals surface area contributed by atoms with Crippen LogP contribution in [0.25, 0.3) is 0 Å². The van der Waals surface area contributed by atoms with Gasteiger partial charge >= 0.3 is 5.97 Å². The highest BCUT2D eigenvalue weighted by Gasteiger charge is 2.33. The van der Waals surface area contributed by atoms with Gasteiger partial charge in [-0.2, -0.15) is 0 Å². The van der Waals surface area contributed by atoms with Crippen molar-refractivity contribution < 1.29 is 19.4 Å². The number of hydrogen-bond donors (Lipinski definition) is 1. The lowest BCUT2D eigenvalue weighted by molar-refractivity contribution is -0.242. The molecule has 0 spiro atoms. The van der Waals surface area contributed by atoms with Crippen molar-refractivity contribution in [3.05, 3.63) is 64.6 Å². The van der Waals surface area contributed by atoms with Crippen molar-refractivity contribution >= 4 is 17.3 Å². The lowest BCUT2D eigenvalue weighted by atomic mass is 9.93. The van der Waals surface area contributed by atoms with E-state index in [1.54, 1.807) is 17.5 Å². The average molecular weight is 359 g/mol. The number of allylic oxidation sites excluding steroid dienone is 2. The van der Waals surface area contributed by atoms with Crippen molar-refractivity contribution in [2.24, 2.45) is 5.92 Å². The van der Waals surface area contributed by atoms with Crippen LogP contribution in [0, 0.1) is 5.92 Å². The fraction of sp³-hybridized carbons (Fsp3) is 0.368. The maximum Gasteiger partial charge on any atom is 0.303 e. The van der Waals surface area contributed by atoms with Crippen LogP contribution in [-0.4, -0.2) is 22.7 Å². The monoisotopic (exact) mass is 359 g/mol. The third kappa shape index (κ3) is 4.98. The Hall–Kier alpha value is -2.02. The quantitative estimate of drug-likeness (QED) is 0.744. The van der Waals surface area contributed by atoms with Gasteiger partial charge in [0.15, 0.2) is 6.29 Å². The van der Waals surface area contributed by atoms with E-state index in [0.29, 0.717) is 13.0 Å². The summed E-state index contributed by atoms with van der Waals surface area (Å²) >= 11 is 1.62. The van der Waals surface area contributed by atoms with Gasteiger partial charge in [-0.15, -0.1) is 11.3 Å². The topological polar surface area (TPSA) is 68.7 Å². The Balaban J connectivity index is 1.67. The van der Waals surface area contributed by atoms with Gasteiger partial charge in [0.25, 0.3) is 0 Å². The number of carboxylic acids is 1. The lowest BCUT2D eigenvalue weighted by Crippen LogP contribution is -2.30. The molecule has 1 aliphatic rings. The number of carboxylic acid groups (broad SMARTS) is 1. The third-order valence-electron chi connectivity index (χ3n) is 4.08. The highest BCUT2D eigenvalue weighted by Crippen LogP contribution is 2.40. The molecule has 3 heterocycles. The van der Waals surface area contributed by atoms with Crippen LogP contribution in [0.5, 0.6) is 0 Å². The maximum absolute atomic E-state index is 10.6. The van der Waals surface area contributed by atoms with Crippen molar-refractivity contribution in [2.75, 3.05) is 6.61 Å². The van der Waals surface area contributed by atoms with Crippen LogP contribution in [0.1, 0.15) is 42.1 Å². The van der Waals surface area contributed by atoms with Gasteiger partial charge in [-0.25, -0.2) is 0 Å². The van der Waals surface area contributed by atoms with E-state index in [0.717, 1.165) is 16.9 Å². The minimum Gasteiger partial charge on any atom is -0.481 e. The summed E-state index contributed by atoms with van der Waals surface area (Å²) in [5.74, 6) is -0.609. The largest absolute Gasteiger partial charge is 0.481 e. The van der Waals surface area contributed by atoms with Gasteiger partial charge in [-0.3, -0.25) is 9.78 Å². The molecule has 1 N–H and O–H groups in total. The molecule has 1 saturated heterocycles. The zero-order chi connectivity index (χ0) is 17.5. The molecule has 25 heavy (non-hydrogen) atoms. The Morgan fingerprint density at radius 2 is 2.28 bits per heavy atom. The van der Waals surface area contributed by atoms with E-state index in [4.69, 9.17) is 14.6 Å². The van der Waals surface area contributed by atoms with Crippen LogP contribution in [0.15, 0.2) is 54.2 Å². The summed E-state index contributed by atoms with van der Waals surface area (Å²) in [5.41, 5.74) is 1.04. The van der Waals surface area contributed by atoms with Crippen LogP contribution in [0.4, 0.5) is 0 Å². The zero-order valence-corrected chi connectivity index (χ0v) is 14.6. The second kappa shape index (κ2) is 8.89. The maximum atomic E-state index is 10.6. The predicted octanol–water partition coefficient (Wildman–Crippen LogP) is 4.36. The Morgan fingerprint density at radius 1 is 1.36 bits per heavy atom. The number of aliphatic carboxylic acids is 1. The highest BCUT2D eigenvalue weighted by atomic mass is 32.1. The number of pyridine rings is 1. The van der Waals surface area contributed by atoms with Crippen LogP contribution in [0.2, 0.25) is 0 Å². The van der Waals surface area contributed by atoms with E-state index in [9.17, 15) is 4.79 Å². The molecule has 0 radical (unpaired) electrons. The molecule has 6 heteroatoms. The lowest BCUT2D eigenvalue weighted by Gasteiger charge is -2.36. The second-order valence-electron chi connectivity index (χ2n) is 5.92. The Morgan fingerprint density at radius 3 is 3.00 bits per heavy atom. The summed E-state index contributed by atoms with van der Waals surface area (Å²) in [4.78, 5) is 15.8. The first-order valence-electron chi connectivity index (χ1n) is 8.31. The van der Waals surface area contributed by atoms with Crippen LogP contribution >= 0.6 is 11.3 Å². The van der Waals surface area contributed by atoms with Gasteiger partial charge in [0, 0.05) is 24.7 Å². The fourth-order valence-corrected chi connectivity index (χ4v) is 3.54. The van der Waals surface area contributed by atoms with E-state index in [-0.39, 0.29) is 24.7 Å². The summed E-state index contributed by atoms with van der Waals surface area (Å²) < 4.78 is 12.2. The molecule has 1 fully saturated rings. The summed E-state index contributed by atoms with van der Waals surface area (Å²) in [7, 11) is 0. The van der Waals surface area contributed by atoms with E-state index in [2.05, 4.69) is 4.98 Å². The van der Waals surface area contributed by atoms with Crippen molar-refractivity contribution in [3.8, 4) is 0 Å². The molecule has 3 atom stereocenters. The van der Waals surface area contributed by atoms with Crippen molar-refractivity contribution in [2.45, 2.75) is 31.7 Å². The first kappa shape index (κ1) is 17.8. The van der Waals surface area contributed by atoms with Crippen molar-refractivity contribution in [1.82, 2.24) is 4.98 Å². The van der Waals surface area contributed by atoms with Crippen LogP contribution in [0.3, 0.4) is 0 Å². The Labute approximate surface area is 150 Å². The molecule has 0 bridgehead atoms. The standard InChI is InChI=1S/C19H21NO4S/c21-17(22)9-3-1-2-6-15-13-23-19(16-8-5-11-25-16)24-18(15)14-7-4-10-20-12-14/h1-2,4-5,7-8,10-12,15,18-19H,3,6,9,13H2,(H,21,22)/b2-1-. The number of thiophene rings is 1. The summed E-state index contributed by atoms with van der Waals surface area (Å²) in [6.45, 7) is 0.589. The molecule has 3 rings (SSSR count). The van der Waals surface area contributed by atoms with Gasteiger partial charge < -0.3 is 14.6 Å². The van der Waals surface area contributed by atoms with Gasteiger partial charge in [0.05, 0.1) is 17.6 Å². The normalized spacial score (nSPS) is 23.8. The molecular weight excluding hydrogens is 338 g/mol. The molecule has 0 amide bonds. The Kier molecular flexibility index (Phi) is 6.33. The molecule has 0 aromatic carbocycles. The molecule has 2 aromatic heterocycles. The van der Waals surface area contributed by atoms with Gasteiger partial charge in [-0.1, -0.05) is 24.3 Å². The molecule has 3 unspecified atom stereocenters. The molecular formula is C19H21NO4S. The Bertz CT molecular complexity index is 687. The van der Waals surface area contributed by atoms with Crippen LogP contribution in [-0.2, 0) is 14.3 Å². The number of hydrogen-bond acceptors (Lipinski definition) is 5. The predicted molar refractivity (Wildman–Crippen MR) is 95.2 cm³/mol. The number of rotatable bonds is 7. The van der Waals surface area contributed by atoms with E-state index in [1.807, 2.05) is 48.0 Å². The first-order valence-corrected chi connectivity index (χ1v) is 9.19. The fourth-order valence-electron chi connectivity index (χ4n) is 2.84. The SMILES string of the molecule is O=C(O)CC/C=C\CC1COC(c2cccs2)OC1c1cccnc1. The van der Waals surface area contributed by atoms with E-state index < -0.39 is 5.97 Å². The van der Waals surface area contributed by atoms with Crippen molar-refractivity contribution in [3.63, 3.8) is 0 Å². The van der Waals surface area contributed by atoms with E-state index >= 15 is 0 Å². The van der Waals surface area contributed by atoms with Crippen LogP contribution < -0.4 is 0 Å². The average Bonchev–Trinajstić information content (AvgIpc) is 3.17. The highest BCUT2D eigenvalue weighted by molar-refractivity contribution is 7.10. The summed E-state index contributed by atoms with van der Waals surface area (Å²) in [6, 6.07) is 7.94. The number of nitrogens with zero attached hydrogens (tertiary/aromatic N) is 1. The smallest absolute Gasteiger partial charge is 0.303 e. The third-order valence-corrected chi connectivity index (χ3v) is 4.97. The number of aromatic nitrogens is 1. The minimum absolute atomic E-state index is 0.0985. The molecule has 1 aliphatic heterocycles.